The Morgan fingerprint density at radius 1 is 1.35 bits per heavy atom. The smallest absolute Gasteiger partial charge is 0.257 e. The summed E-state index contributed by atoms with van der Waals surface area (Å²) < 4.78 is 5.38. The lowest BCUT2D eigenvalue weighted by Crippen LogP contribution is -2.30. The molecule has 0 saturated carbocycles. The number of ether oxygens (including phenoxy) is 1. The van der Waals surface area contributed by atoms with Crippen molar-refractivity contribution in [2.45, 2.75) is 13.0 Å². The van der Waals surface area contributed by atoms with Gasteiger partial charge in [-0.25, -0.2) is 4.98 Å². The van der Waals surface area contributed by atoms with E-state index in [1.54, 1.807) is 24.5 Å². The van der Waals surface area contributed by atoms with Crippen LogP contribution in [0, 0.1) is 0 Å². The normalized spacial score (nSPS) is 10.2. The molecular weight excluding hydrogens is 256 g/mol. The Balaban J connectivity index is 1.66. The molecule has 0 aliphatic heterocycles. The summed E-state index contributed by atoms with van der Waals surface area (Å²) in [4.78, 5) is 18.6. The number of benzene rings is 1. The van der Waals surface area contributed by atoms with Gasteiger partial charge in [-0.3, -0.25) is 4.79 Å². The number of imidazole rings is 1. The van der Waals surface area contributed by atoms with Crippen molar-refractivity contribution < 1.29 is 9.53 Å². The molecule has 0 spiro atoms. The largest absolute Gasteiger partial charge is 0.484 e. The van der Waals surface area contributed by atoms with Crippen LogP contribution in [0.3, 0.4) is 0 Å². The second-order valence-electron chi connectivity index (χ2n) is 4.27. The highest BCUT2D eigenvalue weighted by Gasteiger charge is 2.03. The van der Waals surface area contributed by atoms with Crippen molar-refractivity contribution in [3.8, 4) is 5.75 Å². The SMILES string of the molecule is NCc1ccc(OCC(=O)NCCc2ncc[nH]2)cc1. The van der Waals surface area contributed by atoms with Gasteiger partial charge in [0.2, 0.25) is 0 Å². The van der Waals surface area contributed by atoms with Gasteiger partial charge in [0.25, 0.3) is 5.91 Å². The number of nitrogens with two attached hydrogens (primary N) is 1. The van der Waals surface area contributed by atoms with Crippen LogP contribution in [0.15, 0.2) is 36.7 Å². The van der Waals surface area contributed by atoms with Crippen molar-refractivity contribution in [2.75, 3.05) is 13.2 Å². The van der Waals surface area contributed by atoms with Gasteiger partial charge in [-0.05, 0) is 17.7 Å². The number of amides is 1. The number of rotatable bonds is 7. The molecule has 1 amide bonds. The number of H-pyrrole nitrogens is 1. The Kier molecular flexibility index (Phi) is 5.14. The molecule has 0 unspecified atom stereocenters. The fourth-order valence-corrected chi connectivity index (χ4v) is 1.68. The van der Waals surface area contributed by atoms with Crippen molar-refractivity contribution in [1.29, 1.82) is 0 Å². The van der Waals surface area contributed by atoms with Gasteiger partial charge in [0, 0.05) is 31.9 Å². The van der Waals surface area contributed by atoms with Crippen LogP contribution in [0.2, 0.25) is 0 Å². The van der Waals surface area contributed by atoms with Gasteiger partial charge in [-0.15, -0.1) is 0 Å². The number of hydrogen-bond donors (Lipinski definition) is 3. The number of aromatic amines is 1. The van der Waals surface area contributed by atoms with E-state index in [9.17, 15) is 4.79 Å². The molecule has 1 aromatic carbocycles. The Hall–Kier alpha value is -2.34. The van der Waals surface area contributed by atoms with Crippen molar-refractivity contribution in [3.05, 3.63) is 48.0 Å². The third-order valence-corrected chi connectivity index (χ3v) is 2.77. The molecule has 0 aliphatic rings. The molecule has 20 heavy (non-hydrogen) atoms. The fraction of sp³-hybridized carbons (Fsp3) is 0.286. The zero-order valence-electron chi connectivity index (χ0n) is 11.1. The Morgan fingerprint density at radius 2 is 2.15 bits per heavy atom. The van der Waals surface area contributed by atoms with E-state index in [-0.39, 0.29) is 12.5 Å². The number of hydrogen-bond acceptors (Lipinski definition) is 4. The highest BCUT2D eigenvalue weighted by atomic mass is 16.5. The quantitative estimate of drug-likeness (QED) is 0.689. The van der Waals surface area contributed by atoms with E-state index in [0.717, 1.165) is 11.4 Å². The lowest BCUT2D eigenvalue weighted by molar-refractivity contribution is -0.123. The summed E-state index contributed by atoms with van der Waals surface area (Å²) in [5.74, 6) is 1.35. The van der Waals surface area contributed by atoms with Crippen LogP contribution < -0.4 is 15.8 Å². The summed E-state index contributed by atoms with van der Waals surface area (Å²) in [5, 5.41) is 2.77. The van der Waals surface area contributed by atoms with Gasteiger partial charge in [-0.1, -0.05) is 12.1 Å². The van der Waals surface area contributed by atoms with E-state index in [1.165, 1.54) is 0 Å². The van der Waals surface area contributed by atoms with Crippen molar-refractivity contribution in [1.82, 2.24) is 15.3 Å². The van der Waals surface area contributed by atoms with E-state index in [0.29, 0.717) is 25.3 Å². The summed E-state index contributed by atoms with van der Waals surface area (Å²) in [5.41, 5.74) is 6.53. The van der Waals surface area contributed by atoms with Gasteiger partial charge >= 0.3 is 0 Å². The molecule has 2 rings (SSSR count). The first-order valence-corrected chi connectivity index (χ1v) is 6.44. The molecule has 0 radical (unpaired) electrons. The second-order valence-corrected chi connectivity index (χ2v) is 4.27. The number of carbonyl (C=O) groups excluding carboxylic acids is 1. The Bertz CT molecular complexity index is 523. The molecule has 6 heteroatoms. The van der Waals surface area contributed by atoms with Crippen LogP contribution in [-0.2, 0) is 17.8 Å². The molecule has 1 aromatic heterocycles. The van der Waals surface area contributed by atoms with Crippen LogP contribution in [0.4, 0.5) is 0 Å². The van der Waals surface area contributed by atoms with Crippen molar-refractivity contribution in [2.24, 2.45) is 5.73 Å². The standard InChI is InChI=1S/C14H18N4O2/c15-9-11-1-3-12(4-2-11)20-10-14(19)18-6-5-13-16-7-8-17-13/h1-4,7-8H,5-6,9-10,15H2,(H,16,17)(H,18,19). The molecule has 1 heterocycles. The number of carbonyl (C=O) groups is 1. The minimum absolute atomic E-state index is 0.000125. The number of nitrogens with zero attached hydrogens (tertiary/aromatic N) is 1. The first-order chi connectivity index (χ1) is 9.78. The first-order valence-electron chi connectivity index (χ1n) is 6.44. The molecule has 0 bridgehead atoms. The number of aromatic nitrogens is 2. The van der Waals surface area contributed by atoms with Crippen LogP contribution in [0.5, 0.6) is 5.75 Å². The van der Waals surface area contributed by atoms with Crippen LogP contribution in [0.1, 0.15) is 11.4 Å². The zero-order valence-corrected chi connectivity index (χ0v) is 11.1. The predicted octanol–water partition coefficient (Wildman–Crippen LogP) is 0.606. The maximum atomic E-state index is 11.6. The molecule has 0 aliphatic carbocycles. The van der Waals surface area contributed by atoms with Gasteiger partial charge in [0.15, 0.2) is 6.61 Å². The third-order valence-electron chi connectivity index (χ3n) is 2.77. The van der Waals surface area contributed by atoms with Crippen molar-refractivity contribution >= 4 is 5.91 Å². The summed E-state index contributed by atoms with van der Waals surface area (Å²) in [6.07, 6.45) is 4.11. The Morgan fingerprint density at radius 3 is 2.80 bits per heavy atom. The second kappa shape index (κ2) is 7.30. The lowest BCUT2D eigenvalue weighted by Gasteiger charge is -2.07. The minimum Gasteiger partial charge on any atom is -0.484 e. The monoisotopic (exact) mass is 274 g/mol. The van der Waals surface area contributed by atoms with Gasteiger partial charge in [0.05, 0.1) is 0 Å². The molecule has 106 valence electrons. The van der Waals surface area contributed by atoms with Gasteiger partial charge in [-0.2, -0.15) is 0 Å². The van der Waals surface area contributed by atoms with E-state index in [1.807, 2.05) is 12.1 Å². The summed E-state index contributed by atoms with van der Waals surface area (Å²) in [6.45, 7) is 1.02. The van der Waals surface area contributed by atoms with E-state index in [2.05, 4.69) is 15.3 Å². The topological polar surface area (TPSA) is 93.0 Å². The van der Waals surface area contributed by atoms with Gasteiger partial charge in [0.1, 0.15) is 11.6 Å². The van der Waals surface area contributed by atoms with Gasteiger partial charge < -0.3 is 20.8 Å². The lowest BCUT2D eigenvalue weighted by atomic mass is 10.2. The molecule has 6 nitrogen and oxygen atoms in total. The van der Waals surface area contributed by atoms with Crippen molar-refractivity contribution in [3.63, 3.8) is 0 Å². The minimum atomic E-state index is -0.153. The maximum Gasteiger partial charge on any atom is 0.257 e. The summed E-state index contributed by atoms with van der Waals surface area (Å²) in [6, 6.07) is 7.37. The highest BCUT2D eigenvalue weighted by molar-refractivity contribution is 5.77. The Labute approximate surface area is 117 Å². The maximum absolute atomic E-state index is 11.6. The van der Waals surface area contributed by atoms with E-state index < -0.39 is 0 Å². The molecule has 0 atom stereocenters. The van der Waals surface area contributed by atoms with Crippen LogP contribution in [-0.4, -0.2) is 29.0 Å². The predicted molar refractivity (Wildman–Crippen MR) is 75.1 cm³/mol. The third kappa shape index (κ3) is 4.40. The fourth-order valence-electron chi connectivity index (χ4n) is 1.68. The average Bonchev–Trinajstić information content (AvgIpc) is 2.99. The summed E-state index contributed by atoms with van der Waals surface area (Å²) in [7, 11) is 0. The molecule has 0 saturated heterocycles. The zero-order chi connectivity index (χ0) is 14.2. The number of nitrogens with one attached hydrogen (secondary N) is 2. The van der Waals surface area contributed by atoms with E-state index >= 15 is 0 Å². The van der Waals surface area contributed by atoms with Crippen LogP contribution in [0.25, 0.3) is 0 Å². The highest BCUT2D eigenvalue weighted by Crippen LogP contribution is 2.11. The molecular formula is C14H18N4O2. The molecule has 4 N–H and O–H groups in total. The summed E-state index contributed by atoms with van der Waals surface area (Å²) >= 11 is 0. The average molecular weight is 274 g/mol. The van der Waals surface area contributed by atoms with E-state index in [4.69, 9.17) is 10.5 Å². The van der Waals surface area contributed by atoms with Crippen LogP contribution >= 0.6 is 0 Å². The first kappa shape index (κ1) is 14.1. The molecule has 0 fully saturated rings. The molecule has 2 aromatic rings.